The quantitative estimate of drug-likeness (QED) is 0.818. The molecule has 2 aromatic carbocycles. The first-order valence-corrected chi connectivity index (χ1v) is 5.85. The monoisotopic (exact) mass is 234 g/mol. The van der Waals surface area contributed by atoms with Crippen LogP contribution in [-0.4, -0.2) is 0 Å². The molecular weight excluding hydrogens is 220 g/mol. The lowest BCUT2D eigenvalue weighted by molar-refractivity contribution is 1.24. The summed E-state index contributed by atoms with van der Waals surface area (Å²) < 4.78 is 0. The lowest BCUT2D eigenvalue weighted by Gasteiger charge is -2.04. The fourth-order valence-electron chi connectivity index (χ4n) is 1.64. The Labute approximate surface area is 107 Å². The van der Waals surface area contributed by atoms with Crippen molar-refractivity contribution < 1.29 is 0 Å². The van der Waals surface area contributed by atoms with Crippen LogP contribution in [0.5, 0.6) is 0 Å². The van der Waals surface area contributed by atoms with Crippen molar-refractivity contribution in [3.8, 4) is 6.07 Å². The van der Waals surface area contributed by atoms with E-state index < -0.39 is 0 Å². The van der Waals surface area contributed by atoms with E-state index in [4.69, 9.17) is 5.26 Å². The van der Waals surface area contributed by atoms with Crippen molar-refractivity contribution in [2.75, 3.05) is 5.32 Å². The van der Waals surface area contributed by atoms with Crippen LogP contribution in [0.3, 0.4) is 0 Å². The highest BCUT2D eigenvalue weighted by Gasteiger charge is 1.96. The zero-order valence-electron chi connectivity index (χ0n) is 10.0. The van der Waals surface area contributed by atoms with Crippen LogP contribution in [0.4, 0.5) is 5.69 Å². The summed E-state index contributed by atoms with van der Waals surface area (Å²) in [5.41, 5.74) is 2.70. The predicted molar refractivity (Wildman–Crippen MR) is 73.9 cm³/mol. The van der Waals surface area contributed by atoms with E-state index in [2.05, 4.69) is 11.4 Å². The van der Waals surface area contributed by atoms with Crippen molar-refractivity contribution in [3.63, 3.8) is 0 Å². The van der Waals surface area contributed by atoms with E-state index in [1.54, 1.807) is 0 Å². The van der Waals surface area contributed by atoms with Gasteiger partial charge in [-0.1, -0.05) is 48.5 Å². The van der Waals surface area contributed by atoms with Gasteiger partial charge < -0.3 is 5.32 Å². The van der Waals surface area contributed by atoms with Crippen molar-refractivity contribution in [2.24, 2.45) is 0 Å². The standard InChI is InChI=1S/C16H14N2/c17-13-16(18-15-9-5-2-6-10-15)12-11-14-7-3-1-4-8-14/h1-10,12,18H,11H2/b16-12-. The second-order valence-electron chi connectivity index (χ2n) is 3.91. The summed E-state index contributed by atoms with van der Waals surface area (Å²) in [7, 11) is 0. The summed E-state index contributed by atoms with van der Waals surface area (Å²) in [6, 6.07) is 22.0. The molecule has 0 bridgehead atoms. The molecule has 2 aromatic rings. The Balaban J connectivity index is 2.04. The smallest absolute Gasteiger partial charge is 0.117 e. The average molecular weight is 234 g/mol. The number of rotatable bonds is 4. The van der Waals surface area contributed by atoms with Crippen molar-refractivity contribution in [1.82, 2.24) is 0 Å². The number of hydrogen-bond donors (Lipinski definition) is 1. The number of nitrogens with zero attached hydrogens (tertiary/aromatic N) is 1. The van der Waals surface area contributed by atoms with E-state index >= 15 is 0 Å². The van der Waals surface area contributed by atoms with Gasteiger partial charge in [-0.3, -0.25) is 0 Å². The molecule has 0 aliphatic rings. The van der Waals surface area contributed by atoms with Crippen molar-refractivity contribution in [2.45, 2.75) is 6.42 Å². The number of nitriles is 1. The second kappa shape index (κ2) is 6.27. The molecule has 18 heavy (non-hydrogen) atoms. The predicted octanol–water partition coefficient (Wildman–Crippen LogP) is 3.75. The van der Waals surface area contributed by atoms with E-state index in [-0.39, 0.29) is 0 Å². The molecule has 0 radical (unpaired) electrons. The molecule has 0 atom stereocenters. The fourth-order valence-corrected chi connectivity index (χ4v) is 1.64. The van der Waals surface area contributed by atoms with Gasteiger partial charge in [0.1, 0.15) is 11.8 Å². The molecule has 1 N–H and O–H groups in total. The Morgan fingerprint density at radius 3 is 2.22 bits per heavy atom. The lowest BCUT2D eigenvalue weighted by Crippen LogP contribution is -1.97. The highest BCUT2D eigenvalue weighted by Crippen LogP contribution is 2.09. The van der Waals surface area contributed by atoms with E-state index in [0.29, 0.717) is 5.70 Å². The summed E-state index contributed by atoms with van der Waals surface area (Å²) in [4.78, 5) is 0. The van der Waals surface area contributed by atoms with Gasteiger partial charge in [0.05, 0.1) is 0 Å². The Kier molecular flexibility index (Phi) is 4.16. The Hall–Kier alpha value is -2.53. The minimum atomic E-state index is 0.574. The van der Waals surface area contributed by atoms with Crippen molar-refractivity contribution in [3.05, 3.63) is 78.0 Å². The zero-order chi connectivity index (χ0) is 12.6. The molecule has 0 fully saturated rings. The zero-order valence-corrected chi connectivity index (χ0v) is 10.0. The third-order valence-corrected chi connectivity index (χ3v) is 2.56. The maximum atomic E-state index is 9.08. The normalized spacial score (nSPS) is 10.7. The van der Waals surface area contributed by atoms with Crippen LogP contribution in [0.15, 0.2) is 72.4 Å². The third kappa shape index (κ3) is 3.50. The van der Waals surface area contributed by atoms with Crippen LogP contribution in [0.2, 0.25) is 0 Å². The number of anilines is 1. The molecule has 88 valence electrons. The molecule has 0 aliphatic carbocycles. The molecule has 2 heteroatoms. The summed E-state index contributed by atoms with van der Waals surface area (Å²) in [5, 5.41) is 12.2. The molecule has 0 unspecified atom stereocenters. The number of benzene rings is 2. The first-order valence-electron chi connectivity index (χ1n) is 5.85. The Morgan fingerprint density at radius 1 is 1.00 bits per heavy atom. The third-order valence-electron chi connectivity index (χ3n) is 2.56. The Bertz CT molecular complexity index is 551. The maximum absolute atomic E-state index is 9.08. The highest BCUT2D eigenvalue weighted by atomic mass is 14.9. The Morgan fingerprint density at radius 2 is 1.61 bits per heavy atom. The van der Waals surface area contributed by atoms with Gasteiger partial charge in [-0.15, -0.1) is 0 Å². The van der Waals surface area contributed by atoms with Crippen molar-refractivity contribution in [1.29, 1.82) is 5.26 Å². The largest absolute Gasteiger partial charge is 0.347 e. The van der Waals surface area contributed by atoms with Crippen molar-refractivity contribution >= 4 is 5.69 Å². The number of allylic oxidation sites excluding steroid dienone is 2. The molecule has 0 amide bonds. The van der Waals surface area contributed by atoms with Gasteiger partial charge >= 0.3 is 0 Å². The first-order chi connectivity index (χ1) is 8.88. The van der Waals surface area contributed by atoms with Crippen LogP contribution in [0, 0.1) is 11.3 Å². The van der Waals surface area contributed by atoms with E-state index in [1.165, 1.54) is 5.56 Å². The van der Waals surface area contributed by atoms with Gasteiger partial charge in [0.15, 0.2) is 0 Å². The number of hydrogen-bond acceptors (Lipinski definition) is 2. The molecule has 2 rings (SSSR count). The molecule has 0 aromatic heterocycles. The number of nitrogens with one attached hydrogen (secondary N) is 1. The van der Waals surface area contributed by atoms with Crippen LogP contribution >= 0.6 is 0 Å². The second-order valence-corrected chi connectivity index (χ2v) is 3.91. The van der Waals surface area contributed by atoms with Gasteiger partial charge in [-0.25, -0.2) is 0 Å². The van der Waals surface area contributed by atoms with Crippen LogP contribution in [0.1, 0.15) is 5.56 Å². The summed E-state index contributed by atoms with van der Waals surface area (Å²) in [6.45, 7) is 0. The lowest BCUT2D eigenvalue weighted by atomic mass is 10.1. The summed E-state index contributed by atoms with van der Waals surface area (Å²) in [5.74, 6) is 0. The molecule has 0 heterocycles. The summed E-state index contributed by atoms with van der Waals surface area (Å²) in [6.07, 6.45) is 2.66. The minimum absolute atomic E-state index is 0.574. The first kappa shape index (κ1) is 11.9. The van der Waals surface area contributed by atoms with Gasteiger partial charge in [-0.05, 0) is 30.2 Å². The highest BCUT2D eigenvalue weighted by molar-refractivity contribution is 5.51. The van der Waals surface area contributed by atoms with E-state index in [9.17, 15) is 0 Å². The topological polar surface area (TPSA) is 35.8 Å². The number of para-hydroxylation sites is 1. The van der Waals surface area contributed by atoms with E-state index in [0.717, 1.165) is 12.1 Å². The van der Waals surface area contributed by atoms with Crippen LogP contribution < -0.4 is 5.32 Å². The van der Waals surface area contributed by atoms with Gasteiger partial charge in [0.25, 0.3) is 0 Å². The van der Waals surface area contributed by atoms with Gasteiger partial charge in [-0.2, -0.15) is 5.26 Å². The minimum Gasteiger partial charge on any atom is -0.347 e. The molecule has 0 aliphatic heterocycles. The molecule has 0 saturated heterocycles. The fraction of sp³-hybridized carbons (Fsp3) is 0.0625. The molecular formula is C16H14N2. The maximum Gasteiger partial charge on any atom is 0.117 e. The van der Waals surface area contributed by atoms with Crippen LogP contribution in [0.25, 0.3) is 0 Å². The average Bonchev–Trinajstić information content (AvgIpc) is 2.45. The molecule has 0 spiro atoms. The summed E-state index contributed by atoms with van der Waals surface area (Å²) >= 11 is 0. The SMILES string of the molecule is N#C/C(=C/Cc1ccccc1)Nc1ccccc1. The van der Waals surface area contributed by atoms with Gasteiger partial charge in [0.2, 0.25) is 0 Å². The van der Waals surface area contributed by atoms with E-state index in [1.807, 2.05) is 66.7 Å². The van der Waals surface area contributed by atoms with Crippen LogP contribution in [-0.2, 0) is 6.42 Å². The molecule has 2 nitrogen and oxygen atoms in total. The van der Waals surface area contributed by atoms with Gasteiger partial charge in [0, 0.05) is 5.69 Å². The molecule has 0 saturated carbocycles.